The van der Waals surface area contributed by atoms with Crippen molar-refractivity contribution >= 4 is 72.4 Å². The predicted octanol–water partition coefficient (Wildman–Crippen LogP) is 7.53. The lowest BCUT2D eigenvalue weighted by molar-refractivity contribution is -0.127. The van der Waals surface area contributed by atoms with Crippen molar-refractivity contribution in [2.24, 2.45) is 0 Å². The number of benzene rings is 3. The van der Waals surface area contributed by atoms with Gasteiger partial charge in [0.15, 0.2) is 0 Å². The quantitative estimate of drug-likeness (QED) is 0.265. The molecule has 1 saturated heterocycles. The van der Waals surface area contributed by atoms with Gasteiger partial charge in [0.25, 0.3) is 11.1 Å². The fourth-order valence-corrected chi connectivity index (χ4v) is 6.31. The SMILES string of the molecule is Cc1cc(C)c(NC(=O)CN2C(=O)S/C(=C/c3cc(Br)c(OCc4ccc(F)cc4)c(Br)c3)C2=O)c(C)c1. The molecule has 3 amide bonds. The number of hydrogen-bond acceptors (Lipinski definition) is 5. The van der Waals surface area contributed by atoms with E-state index in [0.717, 1.165) is 38.9 Å². The Bertz CT molecular complexity index is 1430. The molecule has 0 radical (unpaired) electrons. The molecule has 4 rings (SSSR count). The zero-order chi connectivity index (χ0) is 27.6. The molecular formula is C28H23Br2FN2O4S. The molecule has 1 fully saturated rings. The van der Waals surface area contributed by atoms with Gasteiger partial charge in [-0.3, -0.25) is 19.3 Å². The van der Waals surface area contributed by atoms with Gasteiger partial charge in [-0.15, -0.1) is 0 Å². The number of anilines is 1. The van der Waals surface area contributed by atoms with Crippen molar-refractivity contribution in [3.8, 4) is 5.75 Å². The molecule has 1 aliphatic rings. The lowest BCUT2D eigenvalue weighted by Gasteiger charge is -2.16. The Morgan fingerprint density at radius 3 is 2.24 bits per heavy atom. The van der Waals surface area contributed by atoms with Crippen LogP contribution in [0.2, 0.25) is 0 Å². The first-order valence-electron chi connectivity index (χ1n) is 11.5. The Kier molecular flexibility index (Phi) is 8.74. The maximum Gasteiger partial charge on any atom is 0.294 e. The van der Waals surface area contributed by atoms with Crippen LogP contribution in [0.1, 0.15) is 27.8 Å². The number of rotatable bonds is 7. The summed E-state index contributed by atoms with van der Waals surface area (Å²) >= 11 is 7.75. The molecule has 1 N–H and O–H groups in total. The fraction of sp³-hybridized carbons (Fsp3) is 0.179. The molecule has 0 spiro atoms. The number of carbonyl (C=O) groups is 3. The number of halogens is 3. The molecule has 6 nitrogen and oxygen atoms in total. The maximum absolute atomic E-state index is 13.1. The van der Waals surface area contributed by atoms with E-state index in [1.165, 1.54) is 12.1 Å². The van der Waals surface area contributed by atoms with Crippen LogP contribution >= 0.6 is 43.6 Å². The molecule has 0 aromatic heterocycles. The van der Waals surface area contributed by atoms with E-state index in [2.05, 4.69) is 37.2 Å². The minimum absolute atomic E-state index is 0.212. The van der Waals surface area contributed by atoms with E-state index in [1.807, 2.05) is 32.9 Å². The molecule has 10 heteroatoms. The van der Waals surface area contributed by atoms with E-state index in [-0.39, 0.29) is 23.9 Å². The topological polar surface area (TPSA) is 75.7 Å². The first-order valence-corrected chi connectivity index (χ1v) is 13.9. The third kappa shape index (κ3) is 6.54. The van der Waals surface area contributed by atoms with Crippen molar-refractivity contribution in [3.05, 3.63) is 96.0 Å². The maximum atomic E-state index is 13.1. The van der Waals surface area contributed by atoms with Gasteiger partial charge < -0.3 is 10.1 Å². The highest BCUT2D eigenvalue weighted by molar-refractivity contribution is 9.11. The normalized spacial score (nSPS) is 14.4. The van der Waals surface area contributed by atoms with Crippen molar-refractivity contribution in [2.75, 3.05) is 11.9 Å². The minimum Gasteiger partial charge on any atom is -0.487 e. The highest BCUT2D eigenvalue weighted by Crippen LogP contribution is 2.38. The van der Waals surface area contributed by atoms with Gasteiger partial charge >= 0.3 is 0 Å². The van der Waals surface area contributed by atoms with E-state index in [4.69, 9.17) is 4.74 Å². The summed E-state index contributed by atoms with van der Waals surface area (Å²) in [5.41, 5.74) is 5.04. The summed E-state index contributed by atoms with van der Waals surface area (Å²) in [4.78, 5) is 39.4. The number of aryl methyl sites for hydroxylation is 3. The van der Waals surface area contributed by atoms with Gasteiger partial charge in [-0.25, -0.2) is 4.39 Å². The van der Waals surface area contributed by atoms with Gasteiger partial charge in [0.1, 0.15) is 24.7 Å². The second-order valence-electron chi connectivity index (χ2n) is 8.82. The van der Waals surface area contributed by atoms with Crippen molar-refractivity contribution < 1.29 is 23.5 Å². The molecule has 1 aliphatic heterocycles. The Morgan fingerprint density at radius 1 is 1.03 bits per heavy atom. The first kappa shape index (κ1) is 28.1. The number of ether oxygens (including phenoxy) is 1. The second-order valence-corrected chi connectivity index (χ2v) is 11.5. The van der Waals surface area contributed by atoms with Gasteiger partial charge in [-0.1, -0.05) is 29.8 Å². The minimum atomic E-state index is -0.531. The highest BCUT2D eigenvalue weighted by Gasteiger charge is 2.36. The largest absolute Gasteiger partial charge is 0.487 e. The van der Waals surface area contributed by atoms with Crippen molar-refractivity contribution in [3.63, 3.8) is 0 Å². The van der Waals surface area contributed by atoms with Gasteiger partial charge in [-0.2, -0.15) is 0 Å². The third-order valence-electron chi connectivity index (χ3n) is 5.73. The number of imide groups is 1. The molecular weight excluding hydrogens is 639 g/mol. The standard InChI is InChI=1S/C28H23Br2FN2O4S/c1-15-8-16(2)25(17(3)9-15)32-24(34)13-33-27(35)23(38-28(33)36)12-19-10-21(29)26(22(30)11-19)37-14-18-4-6-20(31)7-5-18/h4-12H,13-14H2,1-3H3,(H,32,34)/b23-12+. The van der Waals surface area contributed by atoms with Gasteiger partial charge in [0, 0.05) is 5.69 Å². The van der Waals surface area contributed by atoms with Crippen LogP contribution in [0.3, 0.4) is 0 Å². The predicted molar refractivity (Wildman–Crippen MR) is 155 cm³/mol. The number of carbonyl (C=O) groups excluding carboxylic acids is 3. The highest BCUT2D eigenvalue weighted by atomic mass is 79.9. The molecule has 1 heterocycles. The summed E-state index contributed by atoms with van der Waals surface area (Å²) in [5, 5.41) is 2.32. The Hall–Kier alpha value is -2.95. The molecule has 0 bridgehead atoms. The Balaban J connectivity index is 1.45. The molecule has 0 saturated carbocycles. The zero-order valence-electron chi connectivity index (χ0n) is 20.7. The lowest BCUT2D eigenvalue weighted by Crippen LogP contribution is -2.36. The smallest absolute Gasteiger partial charge is 0.294 e. The van der Waals surface area contributed by atoms with Gasteiger partial charge in [0.2, 0.25) is 5.91 Å². The summed E-state index contributed by atoms with van der Waals surface area (Å²) in [7, 11) is 0. The molecule has 0 unspecified atom stereocenters. The molecule has 196 valence electrons. The van der Waals surface area contributed by atoms with Crippen molar-refractivity contribution in [1.29, 1.82) is 0 Å². The monoisotopic (exact) mass is 660 g/mol. The van der Waals surface area contributed by atoms with Crippen LogP contribution in [0.15, 0.2) is 62.4 Å². The molecule has 3 aromatic rings. The van der Waals surface area contributed by atoms with Crippen LogP contribution in [-0.2, 0) is 16.2 Å². The fourth-order valence-electron chi connectivity index (χ4n) is 4.02. The molecule has 38 heavy (non-hydrogen) atoms. The first-order chi connectivity index (χ1) is 18.0. The van der Waals surface area contributed by atoms with Crippen LogP contribution in [0, 0.1) is 26.6 Å². The van der Waals surface area contributed by atoms with E-state index >= 15 is 0 Å². The second kappa shape index (κ2) is 11.8. The van der Waals surface area contributed by atoms with E-state index < -0.39 is 17.1 Å². The van der Waals surface area contributed by atoms with Crippen LogP contribution in [0.5, 0.6) is 5.75 Å². The van der Waals surface area contributed by atoms with Crippen molar-refractivity contribution in [2.45, 2.75) is 27.4 Å². The summed E-state index contributed by atoms with van der Waals surface area (Å²) in [5.74, 6) is -0.756. The third-order valence-corrected chi connectivity index (χ3v) is 7.82. The number of amides is 3. The van der Waals surface area contributed by atoms with Crippen LogP contribution in [-0.4, -0.2) is 28.5 Å². The average Bonchev–Trinajstić information content (AvgIpc) is 3.09. The average molecular weight is 662 g/mol. The molecule has 0 aliphatic carbocycles. The number of nitrogens with zero attached hydrogens (tertiary/aromatic N) is 1. The number of thioether (sulfide) groups is 1. The Labute approximate surface area is 240 Å². The lowest BCUT2D eigenvalue weighted by atomic mass is 10.1. The molecule has 0 atom stereocenters. The summed E-state index contributed by atoms with van der Waals surface area (Å²) < 4.78 is 20.3. The van der Waals surface area contributed by atoms with E-state index in [0.29, 0.717) is 25.9 Å². The molecule has 3 aromatic carbocycles. The van der Waals surface area contributed by atoms with Crippen LogP contribution < -0.4 is 10.1 Å². The van der Waals surface area contributed by atoms with E-state index in [9.17, 15) is 18.8 Å². The van der Waals surface area contributed by atoms with Gasteiger partial charge in [-0.05, 0) is 117 Å². The summed E-state index contributed by atoms with van der Waals surface area (Å²) in [6.45, 7) is 5.63. The van der Waals surface area contributed by atoms with E-state index in [1.54, 1.807) is 30.3 Å². The van der Waals surface area contributed by atoms with Crippen LogP contribution in [0.4, 0.5) is 14.9 Å². The number of hydrogen-bond donors (Lipinski definition) is 1. The zero-order valence-corrected chi connectivity index (χ0v) is 24.7. The number of nitrogens with one attached hydrogen (secondary N) is 1. The summed E-state index contributed by atoms with van der Waals surface area (Å²) in [6, 6.07) is 13.5. The Morgan fingerprint density at radius 2 is 1.63 bits per heavy atom. The summed E-state index contributed by atoms with van der Waals surface area (Å²) in [6.07, 6.45) is 1.59. The van der Waals surface area contributed by atoms with Crippen LogP contribution in [0.25, 0.3) is 6.08 Å². The van der Waals surface area contributed by atoms with Gasteiger partial charge in [0.05, 0.1) is 13.9 Å². The van der Waals surface area contributed by atoms with Crippen molar-refractivity contribution in [1.82, 2.24) is 4.90 Å².